The van der Waals surface area contributed by atoms with E-state index in [1.807, 2.05) is 60.7 Å². The van der Waals surface area contributed by atoms with Crippen molar-refractivity contribution in [3.05, 3.63) is 122 Å². The lowest BCUT2D eigenvalue weighted by Crippen LogP contribution is -2.67. The van der Waals surface area contributed by atoms with Gasteiger partial charge in [-0.1, -0.05) is 116 Å². The van der Waals surface area contributed by atoms with E-state index >= 15 is 0 Å². The molecule has 0 bridgehead atoms. The summed E-state index contributed by atoms with van der Waals surface area (Å²) in [7, 11) is -1.58. The molecule has 0 radical (unpaired) electrons. The number of aromatic nitrogens is 2. The summed E-state index contributed by atoms with van der Waals surface area (Å²) in [4.78, 5) is 31.3. The van der Waals surface area contributed by atoms with E-state index in [1.165, 1.54) is 19.3 Å². The van der Waals surface area contributed by atoms with Crippen LogP contribution in [0.5, 0.6) is 5.88 Å². The Labute approximate surface area is 288 Å². The lowest BCUT2D eigenvalue weighted by Gasteiger charge is -2.43. The van der Waals surface area contributed by atoms with Gasteiger partial charge < -0.3 is 19.0 Å². The lowest BCUT2D eigenvalue weighted by atomic mass is 10.2. The number of amides is 1. The Hall–Kier alpha value is -3.73. The summed E-state index contributed by atoms with van der Waals surface area (Å²) in [5.74, 6) is -1.25. The van der Waals surface area contributed by atoms with E-state index in [-0.39, 0.29) is 49.2 Å². The van der Waals surface area contributed by atoms with Gasteiger partial charge in [-0.2, -0.15) is 0 Å². The van der Waals surface area contributed by atoms with Gasteiger partial charge in [0.05, 0.1) is 39.1 Å². The molecule has 3 aromatic carbocycles. The highest BCUT2D eigenvalue weighted by Crippen LogP contribution is 2.38. The first-order valence-corrected chi connectivity index (χ1v) is 17.8. The van der Waals surface area contributed by atoms with Gasteiger partial charge in [0.15, 0.2) is 5.43 Å². The van der Waals surface area contributed by atoms with Crippen LogP contribution in [0.2, 0.25) is 20.1 Å². The molecule has 1 atom stereocenters. The molecule has 0 aliphatic rings. The smallest absolute Gasteiger partial charge is 0.263 e. The number of rotatable bonds is 9. The summed E-state index contributed by atoms with van der Waals surface area (Å²) in [5.41, 5.74) is 0.362. The third-order valence-electron chi connectivity index (χ3n) is 8.00. The van der Waals surface area contributed by atoms with E-state index < -0.39 is 31.6 Å². The van der Waals surface area contributed by atoms with Crippen molar-refractivity contribution in [2.75, 3.05) is 13.7 Å². The topological polar surface area (TPSA) is 82.5 Å². The molecule has 0 unspecified atom stereocenters. The van der Waals surface area contributed by atoms with Crippen molar-refractivity contribution in [2.45, 2.75) is 38.8 Å². The highest BCUT2D eigenvalue weighted by Gasteiger charge is 2.50. The van der Waals surface area contributed by atoms with Crippen LogP contribution in [0.3, 0.4) is 0 Å². The number of hydrogen-bond donors (Lipinski definition) is 1. The SMILES string of the molecule is CNC(=O)[C@H](CO[Si](c1ccccc1)(c1ccccc1)C(C)(C)C)Oc1ncc(Cl)c2c1c(=O)cc(C)n2-c1c(Cl)cc(F)cc1Cl. The number of carbonyl (C=O) groups excluding carboxylic acids is 1. The molecule has 12 heteroatoms. The minimum Gasteiger partial charge on any atom is -0.461 e. The number of likely N-dealkylation sites (N-methyl/N-ethyl adjacent to an activating group) is 1. The van der Waals surface area contributed by atoms with E-state index in [0.717, 1.165) is 22.5 Å². The first kappa shape index (κ1) is 34.6. The molecule has 47 heavy (non-hydrogen) atoms. The fraction of sp³-hybridized carbons (Fsp3) is 0.229. The van der Waals surface area contributed by atoms with Gasteiger partial charge >= 0.3 is 0 Å². The van der Waals surface area contributed by atoms with Crippen LogP contribution >= 0.6 is 34.8 Å². The molecule has 7 nitrogen and oxygen atoms in total. The monoisotopic (exact) mass is 711 g/mol. The minimum atomic E-state index is -3.07. The Morgan fingerprint density at radius 1 is 0.957 bits per heavy atom. The highest BCUT2D eigenvalue weighted by atomic mass is 35.5. The van der Waals surface area contributed by atoms with Crippen LogP contribution in [0.4, 0.5) is 4.39 Å². The third-order valence-corrected chi connectivity index (χ3v) is 13.9. The first-order valence-electron chi connectivity index (χ1n) is 14.8. The molecule has 0 spiro atoms. The number of carbonyl (C=O) groups is 1. The van der Waals surface area contributed by atoms with Gasteiger partial charge in [-0.3, -0.25) is 9.59 Å². The molecule has 2 aromatic heterocycles. The summed E-state index contributed by atoms with van der Waals surface area (Å²) in [6, 6.07) is 23.5. The third kappa shape index (κ3) is 6.55. The molecule has 0 aliphatic carbocycles. The maximum Gasteiger partial charge on any atom is 0.263 e. The van der Waals surface area contributed by atoms with Crippen LogP contribution in [0.1, 0.15) is 26.5 Å². The van der Waals surface area contributed by atoms with Crippen LogP contribution in [0.15, 0.2) is 89.9 Å². The van der Waals surface area contributed by atoms with E-state index in [4.69, 9.17) is 44.0 Å². The fourth-order valence-electron chi connectivity index (χ4n) is 5.95. The van der Waals surface area contributed by atoms with E-state index in [2.05, 4.69) is 31.1 Å². The molecule has 5 aromatic rings. The Bertz CT molecular complexity index is 1940. The lowest BCUT2D eigenvalue weighted by molar-refractivity contribution is -0.128. The molecule has 1 amide bonds. The van der Waals surface area contributed by atoms with Crippen molar-refractivity contribution in [3.8, 4) is 11.6 Å². The second kappa shape index (κ2) is 13.8. The standard InChI is InChI=1S/C35H33Cl3FN3O4Si/c1-21-16-28(43)30-32(42(21)31-25(36)17-22(39)18-26(31)37)27(38)19-41-34(30)46-29(33(44)40-5)20-45-47(35(2,3)4,23-12-8-6-9-13-23)24-14-10-7-11-15-24/h6-19,29H,20H2,1-5H3,(H,40,44)/t29-/m0/s1. The molecular formula is C35H33Cl3FN3O4Si. The summed E-state index contributed by atoms with van der Waals surface area (Å²) < 4.78 is 28.9. The second-order valence-corrected chi connectivity index (χ2v) is 17.6. The van der Waals surface area contributed by atoms with E-state index in [9.17, 15) is 14.0 Å². The van der Waals surface area contributed by atoms with Crippen molar-refractivity contribution >= 4 is 70.3 Å². The van der Waals surface area contributed by atoms with Gasteiger partial charge in [-0.25, -0.2) is 9.37 Å². The predicted molar refractivity (Wildman–Crippen MR) is 189 cm³/mol. The number of halogens is 4. The fourth-order valence-corrected chi connectivity index (χ4v) is 11.4. The van der Waals surface area contributed by atoms with Crippen LogP contribution < -0.4 is 25.9 Å². The van der Waals surface area contributed by atoms with Gasteiger partial charge in [0, 0.05) is 18.8 Å². The highest BCUT2D eigenvalue weighted by molar-refractivity contribution is 6.99. The number of benzene rings is 3. The number of fused-ring (bicyclic) bond motifs is 1. The van der Waals surface area contributed by atoms with Gasteiger partial charge in [0.25, 0.3) is 14.2 Å². The zero-order chi connectivity index (χ0) is 34.1. The van der Waals surface area contributed by atoms with Gasteiger partial charge in [-0.05, 0) is 34.5 Å². The number of nitrogens with one attached hydrogen (secondary N) is 1. The number of ether oxygens (including phenoxy) is 1. The van der Waals surface area contributed by atoms with Gasteiger partial charge in [-0.15, -0.1) is 0 Å². The molecule has 0 saturated carbocycles. The number of hydrogen-bond acceptors (Lipinski definition) is 5. The molecule has 0 fully saturated rings. The van der Waals surface area contributed by atoms with Crippen molar-refractivity contribution < 1.29 is 18.3 Å². The molecule has 0 saturated heterocycles. The van der Waals surface area contributed by atoms with Crippen molar-refractivity contribution in [3.63, 3.8) is 0 Å². The molecule has 1 N–H and O–H groups in total. The van der Waals surface area contributed by atoms with Gasteiger partial charge in [0.2, 0.25) is 12.0 Å². The Kier molecular flexibility index (Phi) is 10.1. The normalized spacial score (nSPS) is 12.6. The Morgan fingerprint density at radius 2 is 1.51 bits per heavy atom. The van der Waals surface area contributed by atoms with Crippen LogP contribution in [-0.4, -0.2) is 43.5 Å². The van der Waals surface area contributed by atoms with E-state index in [0.29, 0.717) is 5.69 Å². The zero-order valence-corrected chi connectivity index (χ0v) is 29.7. The van der Waals surface area contributed by atoms with Crippen molar-refractivity contribution in [2.24, 2.45) is 0 Å². The van der Waals surface area contributed by atoms with Crippen molar-refractivity contribution in [1.82, 2.24) is 14.9 Å². The van der Waals surface area contributed by atoms with Crippen molar-refractivity contribution in [1.29, 1.82) is 0 Å². The summed E-state index contributed by atoms with van der Waals surface area (Å²) in [5, 5.41) is 4.40. The predicted octanol–water partition coefficient (Wildman–Crippen LogP) is 6.86. The second-order valence-electron chi connectivity index (χ2n) is 12.0. The summed E-state index contributed by atoms with van der Waals surface area (Å²) in [6.45, 7) is 7.88. The average molecular weight is 713 g/mol. The number of pyridine rings is 2. The molecule has 244 valence electrons. The molecule has 0 aliphatic heterocycles. The largest absolute Gasteiger partial charge is 0.461 e. The maximum atomic E-state index is 14.1. The summed E-state index contributed by atoms with van der Waals surface area (Å²) >= 11 is 19.6. The van der Waals surface area contributed by atoms with Crippen LogP contribution in [0.25, 0.3) is 16.6 Å². The minimum absolute atomic E-state index is 0.000311. The Balaban J connectivity index is 1.65. The molecule has 5 rings (SSSR count). The maximum absolute atomic E-state index is 14.1. The summed E-state index contributed by atoms with van der Waals surface area (Å²) in [6.07, 6.45) is 0.0924. The van der Waals surface area contributed by atoms with Crippen LogP contribution in [-0.2, 0) is 9.22 Å². The van der Waals surface area contributed by atoms with Gasteiger partial charge in [0.1, 0.15) is 11.2 Å². The number of nitrogens with zero attached hydrogens (tertiary/aromatic N) is 2. The van der Waals surface area contributed by atoms with Crippen LogP contribution in [0, 0.1) is 12.7 Å². The number of aryl methyl sites for hydroxylation is 1. The zero-order valence-electron chi connectivity index (χ0n) is 26.4. The molecule has 2 heterocycles. The molecular weight excluding hydrogens is 680 g/mol. The first-order chi connectivity index (χ1) is 22.3. The average Bonchev–Trinajstić information content (AvgIpc) is 3.02. The quantitative estimate of drug-likeness (QED) is 0.169. The Morgan fingerprint density at radius 3 is 2.02 bits per heavy atom. The van der Waals surface area contributed by atoms with E-state index in [1.54, 1.807) is 11.5 Å².